The molecule has 1 heterocycles. The molecule has 6 nitrogen and oxygen atoms in total. The van der Waals surface area contributed by atoms with Crippen molar-refractivity contribution in [2.24, 2.45) is 5.73 Å². The highest BCUT2D eigenvalue weighted by Crippen LogP contribution is 2.13. The van der Waals surface area contributed by atoms with Crippen LogP contribution in [0.1, 0.15) is 38.6 Å². The van der Waals surface area contributed by atoms with Gasteiger partial charge in [0.15, 0.2) is 5.82 Å². The van der Waals surface area contributed by atoms with Gasteiger partial charge in [-0.1, -0.05) is 5.16 Å². The van der Waals surface area contributed by atoms with Crippen LogP contribution < -0.4 is 5.73 Å². The number of nitrogens with two attached hydrogens (primary N) is 1. The Morgan fingerprint density at radius 1 is 1.29 bits per heavy atom. The lowest BCUT2D eigenvalue weighted by atomic mass is 10.2. The predicted molar refractivity (Wildman–Crippen MR) is 62.5 cm³/mol. The molecule has 0 saturated heterocycles. The molecule has 1 rings (SSSR count). The van der Waals surface area contributed by atoms with Gasteiger partial charge in [0.25, 0.3) is 0 Å². The molecule has 0 saturated carbocycles. The van der Waals surface area contributed by atoms with Gasteiger partial charge in [-0.15, -0.1) is 0 Å². The van der Waals surface area contributed by atoms with Crippen molar-refractivity contribution in [3.8, 4) is 0 Å². The molecule has 1 aromatic heterocycles. The van der Waals surface area contributed by atoms with Crippen LogP contribution in [0.4, 0.5) is 0 Å². The number of ether oxygens (including phenoxy) is 2. The van der Waals surface area contributed by atoms with Crippen molar-refractivity contribution in [3.63, 3.8) is 0 Å². The summed E-state index contributed by atoms with van der Waals surface area (Å²) >= 11 is 0. The monoisotopic (exact) mass is 243 g/mol. The average molecular weight is 243 g/mol. The molecule has 2 atom stereocenters. The highest BCUT2D eigenvalue weighted by molar-refractivity contribution is 4.91. The second kappa shape index (κ2) is 7.37. The standard InChI is InChI=1S/C11H21N3O3/c1-4-15-8(3)11-13-10(17-14-11)6-9(7-12)16-5-2/h8-9H,4-7,12H2,1-3H3. The molecule has 0 aliphatic carbocycles. The first-order chi connectivity index (χ1) is 8.21. The lowest BCUT2D eigenvalue weighted by Crippen LogP contribution is -2.26. The van der Waals surface area contributed by atoms with Crippen molar-refractivity contribution in [2.45, 2.75) is 39.4 Å². The number of hydrogen-bond acceptors (Lipinski definition) is 6. The quantitative estimate of drug-likeness (QED) is 0.735. The minimum Gasteiger partial charge on any atom is -0.377 e. The van der Waals surface area contributed by atoms with E-state index in [1.807, 2.05) is 20.8 Å². The summed E-state index contributed by atoms with van der Waals surface area (Å²) in [4.78, 5) is 4.26. The van der Waals surface area contributed by atoms with Crippen molar-refractivity contribution >= 4 is 0 Å². The third kappa shape index (κ3) is 4.41. The van der Waals surface area contributed by atoms with E-state index in [-0.39, 0.29) is 12.2 Å². The Kier molecular flexibility index (Phi) is 6.10. The maximum Gasteiger partial charge on any atom is 0.229 e. The van der Waals surface area contributed by atoms with Crippen LogP contribution in [-0.4, -0.2) is 36.0 Å². The van der Waals surface area contributed by atoms with Crippen LogP contribution in [0.5, 0.6) is 0 Å². The van der Waals surface area contributed by atoms with Crippen molar-refractivity contribution in [1.82, 2.24) is 10.1 Å². The smallest absolute Gasteiger partial charge is 0.229 e. The van der Waals surface area contributed by atoms with Gasteiger partial charge >= 0.3 is 0 Å². The third-order valence-electron chi connectivity index (χ3n) is 2.33. The summed E-state index contributed by atoms with van der Waals surface area (Å²) in [5, 5.41) is 3.87. The fourth-order valence-corrected chi connectivity index (χ4v) is 1.48. The van der Waals surface area contributed by atoms with Crippen molar-refractivity contribution < 1.29 is 14.0 Å². The Morgan fingerprint density at radius 3 is 2.59 bits per heavy atom. The second-order valence-corrected chi connectivity index (χ2v) is 3.66. The first-order valence-corrected chi connectivity index (χ1v) is 5.96. The molecule has 0 radical (unpaired) electrons. The van der Waals surface area contributed by atoms with Gasteiger partial charge < -0.3 is 19.7 Å². The fourth-order valence-electron chi connectivity index (χ4n) is 1.48. The van der Waals surface area contributed by atoms with Gasteiger partial charge in [0.2, 0.25) is 5.89 Å². The van der Waals surface area contributed by atoms with Crippen molar-refractivity contribution in [2.75, 3.05) is 19.8 Å². The topological polar surface area (TPSA) is 83.4 Å². The lowest BCUT2D eigenvalue weighted by Gasteiger charge is -2.11. The van der Waals surface area contributed by atoms with Gasteiger partial charge in [-0.3, -0.25) is 0 Å². The van der Waals surface area contributed by atoms with E-state index in [1.165, 1.54) is 0 Å². The minimum absolute atomic E-state index is 0.0734. The molecule has 0 bridgehead atoms. The Labute approximate surface area is 101 Å². The zero-order chi connectivity index (χ0) is 12.7. The normalized spacial score (nSPS) is 14.8. The maximum absolute atomic E-state index is 5.58. The van der Waals surface area contributed by atoms with Gasteiger partial charge in [0.05, 0.1) is 12.5 Å². The summed E-state index contributed by atoms with van der Waals surface area (Å²) in [7, 11) is 0. The molecule has 2 unspecified atom stereocenters. The Bertz CT molecular complexity index is 317. The van der Waals surface area contributed by atoms with E-state index < -0.39 is 0 Å². The predicted octanol–water partition coefficient (Wildman–Crippen LogP) is 1.07. The molecule has 17 heavy (non-hydrogen) atoms. The van der Waals surface area contributed by atoms with Gasteiger partial charge in [0, 0.05) is 19.8 Å². The Balaban J connectivity index is 2.55. The van der Waals surface area contributed by atoms with E-state index in [1.54, 1.807) is 0 Å². The van der Waals surface area contributed by atoms with E-state index in [0.29, 0.717) is 37.9 Å². The van der Waals surface area contributed by atoms with Gasteiger partial charge in [-0.25, -0.2) is 0 Å². The van der Waals surface area contributed by atoms with E-state index >= 15 is 0 Å². The maximum atomic E-state index is 5.58. The number of rotatable bonds is 8. The highest BCUT2D eigenvalue weighted by atomic mass is 16.5. The fraction of sp³-hybridized carbons (Fsp3) is 0.818. The molecule has 0 aliphatic heterocycles. The number of nitrogens with zero attached hydrogens (tertiary/aromatic N) is 2. The molecular formula is C11H21N3O3. The lowest BCUT2D eigenvalue weighted by molar-refractivity contribution is 0.0636. The van der Waals surface area contributed by atoms with E-state index in [2.05, 4.69) is 10.1 Å². The van der Waals surface area contributed by atoms with E-state index in [0.717, 1.165) is 0 Å². The minimum atomic E-state index is -0.152. The van der Waals surface area contributed by atoms with Crippen molar-refractivity contribution in [1.29, 1.82) is 0 Å². The number of aromatic nitrogens is 2. The third-order valence-corrected chi connectivity index (χ3v) is 2.33. The summed E-state index contributed by atoms with van der Waals surface area (Å²) in [6, 6.07) is 0. The van der Waals surface area contributed by atoms with Crippen LogP contribution in [0.15, 0.2) is 4.52 Å². The van der Waals surface area contributed by atoms with Crippen LogP contribution in [0.25, 0.3) is 0 Å². The average Bonchev–Trinajstić information content (AvgIpc) is 2.77. The van der Waals surface area contributed by atoms with Gasteiger partial charge in [-0.2, -0.15) is 4.98 Å². The molecule has 0 aromatic carbocycles. The summed E-state index contributed by atoms with van der Waals surface area (Å²) in [6.45, 7) is 7.43. The first-order valence-electron chi connectivity index (χ1n) is 5.96. The molecule has 0 amide bonds. The molecular weight excluding hydrogens is 222 g/mol. The zero-order valence-electron chi connectivity index (χ0n) is 10.7. The van der Waals surface area contributed by atoms with E-state index in [4.69, 9.17) is 19.7 Å². The number of hydrogen-bond donors (Lipinski definition) is 1. The summed E-state index contributed by atoms with van der Waals surface area (Å²) in [5.74, 6) is 1.10. The Morgan fingerprint density at radius 2 is 2.00 bits per heavy atom. The zero-order valence-corrected chi connectivity index (χ0v) is 10.7. The van der Waals surface area contributed by atoms with Crippen LogP contribution in [0.2, 0.25) is 0 Å². The molecule has 98 valence electrons. The van der Waals surface area contributed by atoms with Gasteiger partial charge in [0.1, 0.15) is 6.10 Å². The van der Waals surface area contributed by atoms with Crippen LogP contribution >= 0.6 is 0 Å². The van der Waals surface area contributed by atoms with Crippen LogP contribution in [0.3, 0.4) is 0 Å². The van der Waals surface area contributed by atoms with E-state index in [9.17, 15) is 0 Å². The highest BCUT2D eigenvalue weighted by Gasteiger charge is 2.16. The molecule has 0 spiro atoms. The Hall–Kier alpha value is -0.980. The first kappa shape index (κ1) is 14.1. The summed E-state index contributed by atoms with van der Waals surface area (Å²) in [6.07, 6.45) is 0.313. The van der Waals surface area contributed by atoms with Crippen LogP contribution in [-0.2, 0) is 15.9 Å². The summed E-state index contributed by atoms with van der Waals surface area (Å²) in [5.41, 5.74) is 5.58. The molecule has 1 aromatic rings. The molecule has 2 N–H and O–H groups in total. The molecule has 6 heteroatoms. The largest absolute Gasteiger partial charge is 0.377 e. The summed E-state index contributed by atoms with van der Waals surface area (Å²) < 4.78 is 15.9. The van der Waals surface area contributed by atoms with Gasteiger partial charge in [-0.05, 0) is 20.8 Å². The van der Waals surface area contributed by atoms with Crippen LogP contribution in [0, 0.1) is 0 Å². The molecule has 0 fully saturated rings. The SMILES string of the molecule is CCOC(CN)Cc1nc(C(C)OCC)no1. The van der Waals surface area contributed by atoms with Crippen molar-refractivity contribution in [3.05, 3.63) is 11.7 Å². The molecule has 0 aliphatic rings. The second-order valence-electron chi connectivity index (χ2n) is 3.66.